The van der Waals surface area contributed by atoms with E-state index in [4.69, 9.17) is 4.52 Å². The average molecular weight is 322 g/mol. The summed E-state index contributed by atoms with van der Waals surface area (Å²) in [5.41, 5.74) is -0.750. The molecule has 0 bridgehead atoms. The third-order valence-electron chi connectivity index (χ3n) is 4.78. The number of β-amino-alcohol motifs (C(OH)–C–C–N with tert-alkyl or cyclic N) is 1. The number of likely N-dealkylation sites (tertiary alicyclic amines) is 2. The maximum atomic E-state index is 12.3. The molecule has 1 amide bonds. The van der Waals surface area contributed by atoms with Crippen LogP contribution in [-0.2, 0) is 17.6 Å². The van der Waals surface area contributed by atoms with Gasteiger partial charge >= 0.3 is 0 Å². The van der Waals surface area contributed by atoms with Crippen LogP contribution in [0.25, 0.3) is 0 Å². The van der Waals surface area contributed by atoms with E-state index in [1.807, 2.05) is 6.92 Å². The molecule has 1 aromatic heterocycles. The van der Waals surface area contributed by atoms with Gasteiger partial charge < -0.3 is 19.4 Å². The third kappa shape index (κ3) is 4.09. The fraction of sp³-hybridized carbons (Fsp3) is 0.812. The van der Waals surface area contributed by atoms with Gasteiger partial charge in [-0.25, -0.2) is 0 Å². The van der Waals surface area contributed by atoms with E-state index in [0.29, 0.717) is 50.6 Å². The molecule has 128 valence electrons. The van der Waals surface area contributed by atoms with Crippen molar-refractivity contribution in [3.8, 4) is 0 Å². The van der Waals surface area contributed by atoms with Crippen LogP contribution in [0.15, 0.2) is 4.52 Å². The zero-order valence-corrected chi connectivity index (χ0v) is 13.8. The molecule has 0 saturated carbocycles. The van der Waals surface area contributed by atoms with Gasteiger partial charge in [0.25, 0.3) is 0 Å². The lowest BCUT2D eigenvalue weighted by Crippen LogP contribution is -2.45. The zero-order chi connectivity index (χ0) is 16.3. The van der Waals surface area contributed by atoms with Gasteiger partial charge in [0.15, 0.2) is 5.82 Å². The summed E-state index contributed by atoms with van der Waals surface area (Å²) in [5.74, 6) is 1.24. The Morgan fingerprint density at radius 2 is 2.13 bits per heavy atom. The molecule has 2 saturated heterocycles. The number of rotatable bonds is 6. The molecule has 3 rings (SSSR count). The Balaban J connectivity index is 1.46. The molecule has 0 spiro atoms. The van der Waals surface area contributed by atoms with Crippen LogP contribution >= 0.6 is 0 Å². The first-order chi connectivity index (χ1) is 11.1. The van der Waals surface area contributed by atoms with Crippen molar-refractivity contribution in [2.75, 3.05) is 32.7 Å². The Hall–Kier alpha value is -1.47. The van der Waals surface area contributed by atoms with Gasteiger partial charge in [0.2, 0.25) is 11.8 Å². The number of carbonyl (C=O) groups is 1. The quantitative estimate of drug-likeness (QED) is 0.827. The molecule has 1 atom stereocenters. The molecule has 2 aliphatic rings. The van der Waals surface area contributed by atoms with Gasteiger partial charge in [-0.2, -0.15) is 4.98 Å². The molecular formula is C16H26N4O3. The predicted molar refractivity (Wildman–Crippen MR) is 83.8 cm³/mol. The molecule has 7 heteroatoms. The number of hydrogen-bond acceptors (Lipinski definition) is 6. The molecule has 1 N–H and O–H groups in total. The van der Waals surface area contributed by atoms with Crippen molar-refractivity contribution in [1.82, 2.24) is 19.9 Å². The molecule has 7 nitrogen and oxygen atoms in total. The summed E-state index contributed by atoms with van der Waals surface area (Å²) in [6.07, 6.45) is 4.63. The SMILES string of the molecule is CCc1noc(CCC(=O)N2CC[C@@](O)(CN3CCCC3)C2)n1. The van der Waals surface area contributed by atoms with Crippen molar-refractivity contribution in [1.29, 1.82) is 0 Å². The van der Waals surface area contributed by atoms with Gasteiger partial charge in [-0.15, -0.1) is 0 Å². The standard InChI is InChI=1S/C16H26N4O3/c1-2-13-17-14(23-18-13)5-6-15(21)20-10-7-16(22,12-20)11-19-8-3-4-9-19/h22H,2-12H2,1H3/t16-/m1/s1. The molecule has 0 aliphatic carbocycles. The van der Waals surface area contributed by atoms with Crippen molar-refractivity contribution in [3.05, 3.63) is 11.7 Å². The van der Waals surface area contributed by atoms with E-state index < -0.39 is 5.60 Å². The largest absolute Gasteiger partial charge is 0.387 e. The summed E-state index contributed by atoms with van der Waals surface area (Å²) >= 11 is 0. The Morgan fingerprint density at radius 3 is 2.83 bits per heavy atom. The van der Waals surface area contributed by atoms with E-state index in [1.165, 1.54) is 12.8 Å². The highest BCUT2D eigenvalue weighted by Crippen LogP contribution is 2.25. The molecule has 3 heterocycles. The number of hydrogen-bond donors (Lipinski definition) is 1. The molecule has 23 heavy (non-hydrogen) atoms. The van der Waals surface area contributed by atoms with Crippen molar-refractivity contribution in [2.24, 2.45) is 0 Å². The lowest BCUT2D eigenvalue weighted by molar-refractivity contribution is -0.131. The highest BCUT2D eigenvalue weighted by atomic mass is 16.5. The highest BCUT2D eigenvalue weighted by Gasteiger charge is 2.39. The van der Waals surface area contributed by atoms with Crippen LogP contribution in [0.4, 0.5) is 0 Å². The minimum Gasteiger partial charge on any atom is -0.387 e. The van der Waals surface area contributed by atoms with Gasteiger partial charge in [-0.05, 0) is 32.4 Å². The Kier molecular flexibility index (Phi) is 4.96. The van der Waals surface area contributed by atoms with Gasteiger partial charge in [0, 0.05) is 32.4 Å². The summed E-state index contributed by atoms with van der Waals surface area (Å²) < 4.78 is 5.11. The van der Waals surface area contributed by atoms with Crippen LogP contribution in [0.5, 0.6) is 0 Å². The van der Waals surface area contributed by atoms with Crippen molar-refractivity contribution >= 4 is 5.91 Å². The van der Waals surface area contributed by atoms with E-state index in [2.05, 4.69) is 15.0 Å². The molecule has 0 unspecified atom stereocenters. The van der Waals surface area contributed by atoms with Crippen molar-refractivity contribution in [3.63, 3.8) is 0 Å². The van der Waals surface area contributed by atoms with Crippen LogP contribution in [-0.4, -0.2) is 69.3 Å². The third-order valence-corrected chi connectivity index (χ3v) is 4.78. The second kappa shape index (κ2) is 6.97. The molecule has 2 fully saturated rings. The molecular weight excluding hydrogens is 296 g/mol. The second-order valence-electron chi connectivity index (χ2n) is 6.73. The zero-order valence-electron chi connectivity index (χ0n) is 13.8. The van der Waals surface area contributed by atoms with E-state index >= 15 is 0 Å². The second-order valence-corrected chi connectivity index (χ2v) is 6.73. The molecule has 1 aromatic rings. The summed E-state index contributed by atoms with van der Waals surface area (Å²) in [4.78, 5) is 20.6. The minimum absolute atomic E-state index is 0.0543. The first-order valence-electron chi connectivity index (χ1n) is 8.62. The smallest absolute Gasteiger partial charge is 0.227 e. The fourth-order valence-electron chi connectivity index (χ4n) is 3.46. The highest BCUT2D eigenvalue weighted by molar-refractivity contribution is 5.76. The number of aromatic nitrogens is 2. The molecule has 0 aromatic carbocycles. The monoisotopic (exact) mass is 322 g/mol. The number of aryl methyl sites for hydroxylation is 2. The lowest BCUT2D eigenvalue weighted by atomic mass is 10.0. The summed E-state index contributed by atoms with van der Waals surface area (Å²) in [7, 11) is 0. The van der Waals surface area contributed by atoms with Crippen LogP contribution in [0.1, 0.15) is 44.3 Å². The summed E-state index contributed by atoms with van der Waals surface area (Å²) in [6, 6.07) is 0. The fourth-order valence-corrected chi connectivity index (χ4v) is 3.46. The maximum Gasteiger partial charge on any atom is 0.227 e. The van der Waals surface area contributed by atoms with E-state index in [1.54, 1.807) is 4.90 Å². The molecule has 0 radical (unpaired) electrons. The number of nitrogens with zero attached hydrogens (tertiary/aromatic N) is 4. The Bertz CT molecular complexity index is 541. The predicted octanol–water partition coefficient (Wildman–Crippen LogP) is 0.624. The van der Waals surface area contributed by atoms with Gasteiger partial charge in [-0.3, -0.25) is 4.79 Å². The van der Waals surface area contributed by atoms with E-state index in [0.717, 1.165) is 19.5 Å². The van der Waals surface area contributed by atoms with Gasteiger partial charge in [-0.1, -0.05) is 12.1 Å². The van der Waals surface area contributed by atoms with Gasteiger partial charge in [0.1, 0.15) is 0 Å². The summed E-state index contributed by atoms with van der Waals surface area (Å²) in [6.45, 7) is 5.84. The number of carbonyl (C=O) groups excluding carboxylic acids is 1. The first kappa shape index (κ1) is 16.4. The first-order valence-corrected chi connectivity index (χ1v) is 8.62. The molecule has 2 aliphatic heterocycles. The van der Waals surface area contributed by atoms with E-state index in [-0.39, 0.29) is 5.91 Å². The number of amides is 1. The van der Waals surface area contributed by atoms with Crippen LogP contribution in [0.2, 0.25) is 0 Å². The minimum atomic E-state index is -0.750. The van der Waals surface area contributed by atoms with Crippen LogP contribution < -0.4 is 0 Å². The summed E-state index contributed by atoms with van der Waals surface area (Å²) in [5, 5.41) is 14.5. The number of aliphatic hydroxyl groups is 1. The maximum absolute atomic E-state index is 12.3. The van der Waals surface area contributed by atoms with Crippen molar-refractivity contribution < 1.29 is 14.4 Å². The van der Waals surface area contributed by atoms with Crippen LogP contribution in [0.3, 0.4) is 0 Å². The Labute approximate surface area is 136 Å². The van der Waals surface area contributed by atoms with Crippen LogP contribution in [0, 0.1) is 0 Å². The topological polar surface area (TPSA) is 82.7 Å². The average Bonchev–Trinajstić information content (AvgIpc) is 3.26. The normalized spacial score (nSPS) is 25.4. The van der Waals surface area contributed by atoms with Crippen molar-refractivity contribution in [2.45, 2.75) is 51.0 Å². The Morgan fingerprint density at radius 1 is 1.35 bits per heavy atom. The van der Waals surface area contributed by atoms with E-state index in [9.17, 15) is 9.90 Å². The van der Waals surface area contributed by atoms with Gasteiger partial charge in [0.05, 0.1) is 12.1 Å². The lowest BCUT2D eigenvalue weighted by Gasteiger charge is -2.28.